The number of carbonyl (C=O) groups is 2. The van der Waals surface area contributed by atoms with Crippen molar-refractivity contribution in [3.63, 3.8) is 0 Å². The number of anilines is 1. The Morgan fingerprint density at radius 3 is 2.80 bits per heavy atom. The molecule has 140 valence electrons. The van der Waals surface area contributed by atoms with E-state index in [9.17, 15) is 9.59 Å². The van der Waals surface area contributed by atoms with Crippen molar-refractivity contribution in [2.45, 2.75) is 64.2 Å². The van der Waals surface area contributed by atoms with Crippen molar-refractivity contribution < 1.29 is 14.3 Å². The number of ether oxygens (including phenoxy) is 1. The molecule has 0 aliphatic rings. The first-order chi connectivity index (χ1) is 12.1. The molecule has 1 aromatic rings. The molecular weight excluding hydrogens is 336 g/mol. The van der Waals surface area contributed by atoms with Gasteiger partial charge >= 0.3 is 5.97 Å². The van der Waals surface area contributed by atoms with Gasteiger partial charge in [-0.25, -0.2) is 0 Å². The van der Waals surface area contributed by atoms with Crippen LogP contribution in [0.5, 0.6) is 0 Å². The van der Waals surface area contributed by atoms with Crippen LogP contribution in [-0.2, 0) is 14.3 Å². The maximum Gasteiger partial charge on any atom is 0.306 e. The molecule has 0 saturated heterocycles. The van der Waals surface area contributed by atoms with Gasteiger partial charge in [-0.05, 0) is 18.4 Å². The normalized spacial score (nSPS) is 11.8. The van der Waals surface area contributed by atoms with Gasteiger partial charge in [0, 0.05) is 30.0 Å². The van der Waals surface area contributed by atoms with Crippen LogP contribution in [0.4, 0.5) is 5.69 Å². The van der Waals surface area contributed by atoms with E-state index in [0.717, 1.165) is 23.4 Å². The molecule has 1 aromatic heterocycles. The Labute approximate surface area is 155 Å². The van der Waals surface area contributed by atoms with Gasteiger partial charge in [0.1, 0.15) is 0 Å². The van der Waals surface area contributed by atoms with E-state index in [0.29, 0.717) is 24.7 Å². The van der Waals surface area contributed by atoms with Crippen LogP contribution in [-0.4, -0.2) is 29.2 Å². The predicted octanol–water partition coefficient (Wildman–Crippen LogP) is 4.67. The van der Waals surface area contributed by atoms with E-state index in [1.54, 1.807) is 18.5 Å². The summed E-state index contributed by atoms with van der Waals surface area (Å²) >= 11 is 1.49. The number of hydrogen-bond acceptors (Lipinski definition) is 5. The lowest BCUT2D eigenvalue weighted by Gasteiger charge is -2.14. The third-order valence-electron chi connectivity index (χ3n) is 3.99. The number of unbranched alkanes of at least 4 members (excludes halogenated alkanes) is 1. The summed E-state index contributed by atoms with van der Waals surface area (Å²) in [6.07, 6.45) is 9.43. The molecule has 0 aromatic carbocycles. The maximum atomic E-state index is 11.9. The van der Waals surface area contributed by atoms with Crippen molar-refractivity contribution >= 4 is 29.3 Å². The third-order valence-corrected chi connectivity index (χ3v) is 5.04. The summed E-state index contributed by atoms with van der Waals surface area (Å²) in [5.41, 5.74) is 0.725. The fourth-order valence-corrected chi connectivity index (χ4v) is 3.39. The van der Waals surface area contributed by atoms with Crippen LogP contribution in [0.15, 0.2) is 23.4 Å². The highest BCUT2D eigenvalue weighted by Gasteiger charge is 2.10. The number of nitrogens with one attached hydrogen (secondary N) is 1. The number of pyridine rings is 1. The minimum Gasteiger partial charge on any atom is -0.466 e. The molecule has 1 rings (SSSR count). The van der Waals surface area contributed by atoms with E-state index in [4.69, 9.17) is 4.74 Å². The Morgan fingerprint density at radius 1 is 1.32 bits per heavy atom. The highest BCUT2D eigenvalue weighted by Crippen LogP contribution is 2.26. The molecule has 0 aliphatic heterocycles. The number of aromatic nitrogens is 1. The Bertz CT molecular complexity index is 537. The van der Waals surface area contributed by atoms with Gasteiger partial charge in [-0.15, -0.1) is 11.8 Å². The summed E-state index contributed by atoms with van der Waals surface area (Å²) in [5.74, 6) is 0.964. The molecule has 0 radical (unpaired) electrons. The molecule has 1 N–H and O–H groups in total. The van der Waals surface area contributed by atoms with Crippen LogP contribution in [0.3, 0.4) is 0 Å². The quantitative estimate of drug-likeness (QED) is 0.430. The van der Waals surface area contributed by atoms with Crippen molar-refractivity contribution in [1.29, 1.82) is 0 Å². The zero-order valence-electron chi connectivity index (χ0n) is 15.5. The second kappa shape index (κ2) is 12.8. The molecule has 0 fully saturated rings. The molecule has 6 heteroatoms. The molecule has 1 atom stereocenters. The molecule has 5 nitrogen and oxygen atoms in total. The van der Waals surface area contributed by atoms with Crippen molar-refractivity contribution in [2.24, 2.45) is 5.92 Å². The zero-order valence-corrected chi connectivity index (χ0v) is 16.4. The number of hydrogen-bond donors (Lipinski definition) is 1. The first kappa shape index (κ1) is 21.5. The summed E-state index contributed by atoms with van der Waals surface area (Å²) < 4.78 is 5.35. The molecular formula is C19H30N2O3S. The van der Waals surface area contributed by atoms with Gasteiger partial charge in [-0.1, -0.05) is 39.5 Å². The van der Waals surface area contributed by atoms with Gasteiger partial charge < -0.3 is 10.1 Å². The molecule has 1 unspecified atom stereocenters. The van der Waals surface area contributed by atoms with Gasteiger partial charge in [0.15, 0.2) is 0 Å². The first-order valence-corrected chi connectivity index (χ1v) is 10.0. The third kappa shape index (κ3) is 9.48. The van der Waals surface area contributed by atoms with Crippen LogP contribution in [0.2, 0.25) is 0 Å². The van der Waals surface area contributed by atoms with E-state index in [-0.39, 0.29) is 11.9 Å². The summed E-state index contributed by atoms with van der Waals surface area (Å²) in [6, 6.07) is 1.75. The highest BCUT2D eigenvalue weighted by molar-refractivity contribution is 7.99. The molecule has 0 spiro atoms. The average Bonchev–Trinajstić information content (AvgIpc) is 2.59. The second-order valence-electron chi connectivity index (χ2n) is 6.08. The molecule has 1 amide bonds. The standard InChI is InChI=1S/C19H30N2O3S/c1-4-6-7-16(5-2)9-12-24-19(23)10-13-25-18-14-20-11-8-17(18)21-15(3)22/h8,11,14,16H,4-7,9-10,12-13H2,1-3H3,(H,20,21,22). The van der Waals surface area contributed by atoms with E-state index in [1.807, 2.05) is 0 Å². The second-order valence-corrected chi connectivity index (χ2v) is 7.21. The number of nitrogens with zero attached hydrogens (tertiary/aromatic N) is 1. The van der Waals surface area contributed by atoms with Gasteiger partial charge in [-0.2, -0.15) is 0 Å². The molecule has 0 saturated carbocycles. The minimum absolute atomic E-state index is 0.124. The van der Waals surface area contributed by atoms with Gasteiger partial charge in [0.25, 0.3) is 0 Å². The Hall–Kier alpha value is -1.56. The topological polar surface area (TPSA) is 68.3 Å². The minimum atomic E-state index is -0.164. The SMILES string of the molecule is CCCCC(CC)CCOC(=O)CCSc1cnccc1NC(C)=O. The van der Waals surface area contributed by atoms with E-state index in [2.05, 4.69) is 24.1 Å². The Balaban J connectivity index is 2.27. The van der Waals surface area contributed by atoms with Gasteiger partial charge in [0.2, 0.25) is 5.91 Å². The zero-order chi connectivity index (χ0) is 18.5. The monoisotopic (exact) mass is 366 g/mol. The Kier molecular flexibility index (Phi) is 11.0. The number of rotatable bonds is 12. The number of amides is 1. The summed E-state index contributed by atoms with van der Waals surface area (Å²) in [5, 5.41) is 2.77. The Morgan fingerprint density at radius 2 is 2.12 bits per heavy atom. The van der Waals surface area contributed by atoms with E-state index >= 15 is 0 Å². The van der Waals surface area contributed by atoms with E-state index in [1.165, 1.54) is 37.9 Å². The predicted molar refractivity (Wildman–Crippen MR) is 103 cm³/mol. The lowest BCUT2D eigenvalue weighted by molar-refractivity contribution is -0.143. The van der Waals surface area contributed by atoms with Gasteiger partial charge in [0.05, 0.1) is 18.7 Å². The summed E-state index contributed by atoms with van der Waals surface area (Å²) in [4.78, 5) is 28.0. The van der Waals surface area contributed by atoms with Crippen molar-refractivity contribution in [1.82, 2.24) is 4.98 Å². The number of esters is 1. The molecule has 25 heavy (non-hydrogen) atoms. The smallest absolute Gasteiger partial charge is 0.306 e. The first-order valence-electron chi connectivity index (χ1n) is 9.06. The molecule has 0 bridgehead atoms. The van der Waals surface area contributed by atoms with E-state index < -0.39 is 0 Å². The summed E-state index contributed by atoms with van der Waals surface area (Å²) in [7, 11) is 0. The van der Waals surface area contributed by atoms with Crippen LogP contribution in [0.25, 0.3) is 0 Å². The fourth-order valence-electron chi connectivity index (χ4n) is 2.49. The van der Waals surface area contributed by atoms with Crippen molar-refractivity contribution in [3.05, 3.63) is 18.5 Å². The van der Waals surface area contributed by atoms with Crippen LogP contribution < -0.4 is 5.32 Å². The van der Waals surface area contributed by atoms with Gasteiger partial charge in [-0.3, -0.25) is 14.6 Å². The van der Waals surface area contributed by atoms with Crippen molar-refractivity contribution in [2.75, 3.05) is 17.7 Å². The largest absolute Gasteiger partial charge is 0.466 e. The summed E-state index contributed by atoms with van der Waals surface area (Å²) in [6.45, 7) is 6.37. The number of thioether (sulfide) groups is 1. The van der Waals surface area contributed by atoms with Crippen LogP contribution >= 0.6 is 11.8 Å². The van der Waals surface area contributed by atoms with Crippen LogP contribution in [0.1, 0.15) is 59.3 Å². The maximum absolute atomic E-state index is 11.9. The fraction of sp³-hybridized carbons (Fsp3) is 0.632. The average molecular weight is 367 g/mol. The lowest BCUT2D eigenvalue weighted by Crippen LogP contribution is -2.11. The van der Waals surface area contributed by atoms with Crippen LogP contribution in [0, 0.1) is 5.92 Å². The number of carbonyl (C=O) groups excluding carboxylic acids is 2. The molecule has 0 aliphatic carbocycles. The lowest BCUT2D eigenvalue weighted by atomic mass is 9.96. The highest BCUT2D eigenvalue weighted by atomic mass is 32.2. The van der Waals surface area contributed by atoms with Crippen molar-refractivity contribution in [3.8, 4) is 0 Å². The molecule has 1 heterocycles.